The first-order valence-electron chi connectivity index (χ1n) is 6.91. The topological polar surface area (TPSA) is 29.1 Å². The highest BCUT2D eigenvalue weighted by molar-refractivity contribution is 6.53. The van der Waals surface area contributed by atoms with E-state index in [2.05, 4.69) is 5.32 Å². The second-order valence-corrected chi connectivity index (χ2v) is 7.35. The summed E-state index contributed by atoms with van der Waals surface area (Å²) in [7, 11) is 0. The predicted molar refractivity (Wildman–Crippen MR) is 91.9 cm³/mol. The Labute approximate surface area is 144 Å². The maximum Gasteiger partial charge on any atom is 0.231 e. The van der Waals surface area contributed by atoms with Gasteiger partial charge in [-0.25, -0.2) is 0 Å². The number of alkyl halides is 2. The highest BCUT2D eigenvalue weighted by atomic mass is 35.5. The molecule has 114 valence electrons. The predicted octanol–water partition coefficient (Wildman–Crippen LogP) is 5.17. The molecule has 5 heteroatoms. The second kappa shape index (κ2) is 5.77. The Morgan fingerprint density at radius 1 is 1.14 bits per heavy atom. The summed E-state index contributed by atoms with van der Waals surface area (Å²) in [6.07, 6.45) is 0. The number of carbonyl (C=O) groups excluding carboxylic acids is 1. The van der Waals surface area contributed by atoms with Crippen LogP contribution >= 0.6 is 34.8 Å². The quantitative estimate of drug-likeness (QED) is 0.757. The zero-order valence-electron chi connectivity index (χ0n) is 11.8. The Balaban J connectivity index is 1.77. The molecule has 1 saturated carbocycles. The summed E-state index contributed by atoms with van der Waals surface area (Å²) in [5.74, 6) is -0.866. The first-order valence-corrected chi connectivity index (χ1v) is 8.04. The van der Waals surface area contributed by atoms with Crippen molar-refractivity contribution in [3.05, 3.63) is 64.7 Å². The number of rotatable bonds is 3. The summed E-state index contributed by atoms with van der Waals surface area (Å²) in [5.41, 5.74) is 2.57. The Hall–Kier alpha value is -1.22. The van der Waals surface area contributed by atoms with Crippen LogP contribution in [0.15, 0.2) is 48.5 Å². The average molecular weight is 355 g/mol. The van der Waals surface area contributed by atoms with Gasteiger partial charge in [0.25, 0.3) is 0 Å². The second-order valence-electron chi connectivity index (χ2n) is 5.49. The van der Waals surface area contributed by atoms with Crippen LogP contribution in [0.1, 0.15) is 17.0 Å². The van der Waals surface area contributed by atoms with Gasteiger partial charge in [0, 0.05) is 16.6 Å². The standard InChI is InChI=1S/C17H14Cl3NO/c1-10-7-8-12(9-13(10)18)21-16(22)15-14(17(15,19)20)11-5-3-2-4-6-11/h2-9,14-15H,1H3,(H,21,22)/t14-,15-/m1/s1. The van der Waals surface area contributed by atoms with Crippen molar-refractivity contribution in [2.45, 2.75) is 17.2 Å². The van der Waals surface area contributed by atoms with E-state index < -0.39 is 10.3 Å². The van der Waals surface area contributed by atoms with Crippen molar-refractivity contribution < 1.29 is 4.79 Å². The first kappa shape index (κ1) is 15.7. The summed E-state index contributed by atoms with van der Waals surface area (Å²) < 4.78 is -1.07. The van der Waals surface area contributed by atoms with Gasteiger partial charge in [-0.15, -0.1) is 23.2 Å². The lowest BCUT2D eigenvalue weighted by molar-refractivity contribution is -0.117. The van der Waals surface area contributed by atoms with Crippen LogP contribution in [0.5, 0.6) is 0 Å². The number of aryl methyl sites for hydroxylation is 1. The van der Waals surface area contributed by atoms with Crippen LogP contribution in [-0.4, -0.2) is 10.2 Å². The zero-order chi connectivity index (χ0) is 15.9. The highest BCUT2D eigenvalue weighted by Crippen LogP contribution is 2.65. The largest absolute Gasteiger partial charge is 0.326 e. The third-order valence-electron chi connectivity index (χ3n) is 3.93. The zero-order valence-corrected chi connectivity index (χ0v) is 14.1. The van der Waals surface area contributed by atoms with E-state index in [0.717, 1.165) is 11.1 Å². The van der Waals surface area contributed by atoms with Gasteiger partial charge in [0.1, 0.15) is 4.33 Å². The van der Waals surface area contributed by atoms with E-state index >= 15 is 0 Å². The van der Waals surface area contributed by atoms with Crippen molar-refractivity contribution in [2.75, 3.05) is 5.32 Å². The Morgan fingerprint density at radius 3 is 2.45 bits per heavy atom. The minimum atomic E-state index is -1.07. The van der Waals surface area contributed by atoms with Crippen LogP contribution in [0.2, 0.25) is 5.02 Å². The molecule has 22 heavy (non-hydrogen) atoms. The third kappa shape index (κ3) is 2.83. The lowest BCUT2D eigenvalue weighted by atomic mass is 10.1. The molecule has 1 amide bonds. The Bertz CT molecular complexity index is 715. The molecule has 0 radical (unpaired) electrons. The maximum absolute atomic E-state index is 12.4. The third-order valence-corrected chi connectivity index (χ3v) is 5.28. The number of hydrogen-bond acceptors (Lipinski definition) is 1. The van der Waals surface area contributed by atoms with E-state index in [0.29, 0.717) is 10.7 Å². The molecule has 3 rings (SSSR count). The lowest BCUT2D eigenvalue weighted by Gasteiger charge is -2.07. The molecule has 2 aromatic rings. The molecule has 2 atom stereocenters. The number of benzene rings is 2. The van der Waals surface area contributed by atoms with E-state index in [9.17, 15) is 4.79 Å². The average Bonchev–Trinajstić information content (AvgIpc) is 3.07. The summed E-state index contributed by atoms with van der Waals surface area (Å²) in [6, 6.07) is 15.0. The van der Waals surface area contributed by atoms with Gasteiger partial charge < -0.3 is 5.32 Å². The van der Waals surface area contributed by atoms with Crippen LogP contribution < -0.4 is 5.32 Å². The minimum absolute atomic E-state index is 0.196. The highest BCUT2D eigenvalue weighted by Gasteiger charge is 2.67. The van der Waals surface area contributed by atoms with Crippen molar-refractivity contribution in [1.82, 2.24) is 0 Å². The smallest absolute Gasteiger partial charge is 0.231 e. The number of carbonyl (C=O) groups is 1. The van der Waals surface area contributed by atoms with Crippen LogP contribution in [0.3, 0.4) is 0 Å². The Kier molecular flexibility index (Phi) is 4.11. The molecular weight excluding hydrogens is 341 g/mol. The molecule has 1 aliphatic carbocycles. The van der Waals surface area contributed by atoms with E-state index in [-0.39, 0.29) is 11.8 Å². The van der Waals surface area contributed by atoms with Crippen LogP contribution in [0.25, 0.3) is 0 Å². The van der Waals surface area contributed by atoms with Crippen molar-refractivity contribution in [2.24, 2.45) is 5.92 Å². The molecule has 0 heterocycles. The SMILES string of the molecule is Cc1ccc(NC(=O)[C@H]2[C@@H](c3ccccc3)C2(Cl)Cl)cc1Cl. The monoisotopic (exact) mass is 353 g/mol. The van der Waals surface area contributed by atoms with Crippen LogP contribution in [0.4, 0.5) is 5.69 Å². The van der Waals surface area contributed by atoms with Gasteiger partial charge in [-0.05, 0) is 30.2 Å². The molecule has 1 aliphatic rings. The van der Waals surface area contributed by atoms with E-state index in [4.69, 9.17) is 34.8 Å². The fraction of sp³-hybridized carbons (Fsp3) is 0.235. The normalized spacial score (nSPS) is 22.2. The van der Waals surface area contributed by atoms with Crippen LogP contribution in [-0.2, 0) is 4.79 Å². The molecule has 2 nitrogen and oxygen atoms in total. The molecule has 1 N–H and O–H groups in total. The van der Waals surface area contributed by atoms with E-state index in [1.165, 1.54) is 0 Å². The molecule has 0 aliphatic heterocycles. The Morgan fingerprint density at radius 2 is 1.82 bits per heavy atom. The summed E-state index contributed by atoms with van der Waals surface area (Å²) in [6.45, 7) is 1.91. The van der Waals surface area contributed by atoms with E-state index in [1.807, 2.05) is 49.4 Å². The maximum atomic E-state index is 12.4. The van der Waals surface area contributed by atoms with Gasteiger partial charge in [-0.3, -0.25) is 4.79 Å². The minimum Gasteiger partial charge on any atom is -0.326 e. The summed E-state index contributed by atoms with van der Waals surface area (Å²) in [5, 5.41) is 3.44. The van der Waals surface area contributed by atoms with Gasteiger partial charge in [-0.1, -0.05) is 48.0 Å². The summed E-state index contributed by atoms with van der Waals surface area (Å²) in [4.78, 5) is 12.4. The van der Waals surface area contributed by atoms with Gasteiger partial charge >= 0.3 is 0 Å². The molecule has 1 fully saturated rings. The number of amides is 1. The number of nitrogens with one attached hydrogen (secondary N) is 1. The fourth-order valence-electron chi connectivity index (χ4n) is 2.62. The van der Waals surface area contributed by atoms with Crippen molar-refractivity contribution in [3.63, 3.8) is 0 Å². The molecule has 0 spiro atoms. The molecular formula is C17H14Cl3NO. The molecule has 0 aromatic heterocycles. The summed E-state index contributed by atoms with van der Waals surface area (Å²) >= 11 is 18.7. The van der Waals surface area contributed by atoms with Crippen molar-refractivity contribution >= 4 is 46.4 Å². The fourth-order valence-corrected chi connectivity index (χ4v) is 3.63. The molecule has 0 saturated heterocycles. The van der Waals surface area contributed by atoms with Crippen molar-refractivity contribution in [1.29, 1.82) is 0 Å². The van der Waals surface area contributed by atoms with Gasteiger partial charge in [0.05, 0.1) is 5.92 Å². The first-order chi connectivity index (χ1) is 10.4. The van der Waals surface area contributed by atoms with Gasteiger partial charge in [-0.2, -0.15) is 0 Å². The molecule has 0 bridgehead atoms. The van der Waals surface area contributed by atoms with Gasteiger partial charge in [0.15, 0.2) is 0 Å². The lowest BCUT2D eigenvalue weighted by Crippen LogP contribution is -2.17. The number of anilines is 1. The van der Waals surface area contributed by atoms with Gasteiger partial charge in [0.2, 0.25) is 5.91 Å². The number of halogens is 3. The van der Waals surface area contributed by atoms with Crippen LogP contribution in [0, 0.1) is 12.8 Å². The van der Waals surface area contributed by atoms with E-state index in [1.54, 1.807) is 6.07 Å². The number of hydrogen-bond donors (Lipinski definition) is 1. The molecule has 2 aromatic carbocycles. The molecule has 0 unspecified atom stereocenters. The van der Waals surface area contributed by atoms with Crippen molar-refractivity contribution in [3.8, 4) is 0 Å².